The van der Waals surface area contributed by atoms with Crippen molar-refractivity contribution < 1.29 is 24.1 Å². The third kappa shape index (κ3) is 5.07. The van der Waals surface area contributed by atoms with E-state index in [0.717, 1.165) is 11.3 Å². The van der Waals surface area contributed by atoms with Gasteiger partial charge in [0.1, 0.15) is 30.3 Å². The van der Waals surface area contributed by atoms with Gasteiger partial charge in [0.15, 0.2) is 23.2 Å². The van der Waals surface area contributed by atoms with Crippen molar-refractivity contribution in [2.45, 2.75) is 37.8 Å². The van der Waals surface area contributed by atoms with Gasteiger partial charge in [0.2, 0.25) is 5.91 Å². The Bertz CT molecular complexity index is 1150. The average Bonchev–Trinajstić information content (AvgIpc) is 3.41. The molecule has 11 nitrogen and oxygen atoms in total. The number of carbonyl (C=O) groups is 1. The van der Waals surface area contributed by atoms with Gasteiger partial charge < -0.3 is 29.5 Å². The van der Waals surface area contributed by atoms with E-state index in [2.05, 4.69) is 20.3 Å². The van der Waals surface area contributed by atoms with E-state index in [0.29, 0.717) is 23.4 Å². The van der Waals surface area contributed by atoms with Gasteiger partial charge in [-0.2, -0.15) is 0 Å². The molecule has 0 aliphatic carbocycles. The highest BCUT2D eigenvalue weighted by molar-refractivity contribution is 5.83. The summed E-state index contributed by atoms with van der Waals surface area (Å²) in [6, 6.07) is 6.89. The molecule has 1 aromatic carbocycles. The van der Waals surface area contributed by atoms with E-state index in [4.69, 9.17) is 14.2 Å². The van der Waals surface area contributed by atoms with Gasteiger partial charge in [-0.25, -0.2) is 15.0 Å². The first-order chi connectivity index (χ1) is 16.8. The summed E-state index contributed by atoms with van der Waals surface area (Å²) in [5, 5.41) is 14.0. The predicted octanol–water partition coefficient (Wildman–Crippen LogP) is 1.17. The number of nitrogens with zero attached hydrogens (tertiary/aromatic N) is 5. The Morgan fingerprint density at radius 2 is 1.97 bits per heavy atom. The standard InChI is InChI=1S/C24H32N6O5/c1-14(10-15-6-8-16(34-5)9-7-15)23(32)28-18-20(31)17(11-33-4)35-24(18)30-13-27-19-21(29(2)3)25-12-26-22(19)30/h6-9,12-14,17-18,20,24,31H,10-11H2,1-5H3,(H,28,32)/t14-,17+,18+,20+,24+/m0/s1. The third-order valence-corrected chi connectivity index (χ3v) is 6.20. The Labute approximate surface area is 204 Å². The molecule has 35 heavy (non-hydrogen) atoms. The van der Waals surface area contributed by atoms with Crippen LogP contribution in [0.2, 0.25) is 0 Å². The SMILES string of the molecule is COC[C@H]1O[C@@H](n2cnc3c(N(C)C)ncnc32)[C@H](NC(=O)[C@@H](C)Cc2ccc(OC)cc2)[C@@H]1O. The molecule has 2 N–H and O–H groups in total. The highest BCUT2D eigenvalue weighted by atomic mass is 16.6. The number of aliphatic hydroxyl groups excluding tert-OH is 1. The topological polar surface area (TPSA) is 124 Å². The molecule has 2 aromatic heterocycles. The molecule has 3 heterocycles. The predicted molar refractivity (Wildman–Crippen MR) is 129 cm³/mol. The molecule has 1 aliphatic rings. The van der Waals surface area contributed by atoms with Crippen molar-refractivity contribution in [3.8, 4) is 5.75 Å². The van der Waals surface area contributed by atoms with Crippen LogP contribution in [-0.2, 0) is 20.7 Å². The highest BCUT2D eigenvalue weighted by Gasteiger charge is 2.46. The minimum absolute atomic E-state index is 0.177. The lowest BCUT2D eigenvalue weighted by Gasteiger charge is -2.24. The summed E-state index contributed by atoms with van der Waals surface area (Å²) >= 11 is 0. The molecule has 1 saturated heterocycles. The number of hydrogen-bond acceptors (Lipinski definition) is 9. The maximum absolute atomic E-state index is 13.2. The van der Waals surface area contributed by atoms with Crippen LogP contribution in [0.4, 0.5) is 5.82 Å². The van der Waals surface area contributed by atoms with Crippen LogP contribution in [0, 0.1) is 5.92 Å². The Morgan fingerprint density at radius 3 is 2.63 bits per heavy atom. The first kappa shape index (κ1) is 24.8. The molecule has 1 aliphatic heterocycles. The lowest BCUT2D eigenvalue weighted by Crippen LogP contribution is -2.48. The summed E-state index contributed by atoms with van der Waals surface area (Å²) in [6.07, 6.45) is 1.26. The van der Waals surface area contributed by atoms with Gasteiger partial charge in [0.25, 0.3) is 0 Å². The molecule has 0 unspecified atom stereocenters. The number of methoxy groups -OCH3 is 2. The van der Waals surface area contributed by atoms with Gasteiger partial charge in [-0.05, 0) is 24.1 Å². The van der Waals surface area contributed by atoms with Crippen molar-refractivity contribution in [1.29, 1.82) is 0 Å². The molecular weight excluding hydrogens is 452 g/mol. The monoisotopic (exact) mass is 484 g/mol. The minimum atomic E-state index is -0.982. The zero-order chi connectivity index (χ0) is 25.1. The number of carbonyl (C=O) groups excluding carboxylic acids is 1. The maximum atomic E-state index is 13.2. The van der Waals surface area contributed by atoms with Gasteiger partial charge in [-0.15, -0.1) is 0 Å². The van der Waals surface area contributed by atoms with Crippen molar-refractivity contribution in [1.82, 2.24) is 24.8 Å². The van der Waals surface area contributed by atoms with Crippen LogP contribution >= 0.6 is 0 Å². The Kier molecular flexibility index (Phi) is 7.48. The van der Waals surface area contributed by atoms with Crippen LogP contribution in [0.5, 0.6) is 5.75 Å². The van der Waals surface area contributed by atoms with E-state index in [1.54, 1.807) is 18.0 Å². The zero-order valence-corrected chi connectivity index (χ0v) is 20.6. The fourth-order valence-electron chi connectivity index (χ4n) is 4.31. The Balaban J connectivity index is 1.57. The third-order valence-electron chi connectivity index (χ3n) is 6.20. The van der Waals surface area contributed by atoms with Crippen LogP contribution < -0.4 is 15.0 Å². The number of hydrogen-bond donors (Lipinski definition) is 2. The second-order valence-corrected chi connectivity index (χ2v) is 8.91. The van der Waals surface area contributed by atoms with E-state index in [1.165, 1.54) is 13.4 Å². The average molecular weight is 485 g/mol. The molecule has 1 amide bonds. The number of aromatic nitrogens is 4. The second kappa shape index (κ2) is 10.5. The fourth-order valence-corrected chi connectivity index (χ4v) is 4.31. The van der Waals surface area contributed by atoms with Crippen molar-refractivity contribution >= 4 is 22.9 Å². The first-order valence-corrected chi connectivity index (χ1v) is 11.4. The van der Waals surface area contributed by atoms with Gasteiger partial charge in [0.05, 0.1) is 20.0 Å². The van der Waals surface area contributed by atoms with Crippen LogP contribution in [0.1, 0.15) is 18.7 Å². The normalized spacial score (nSPS) is 22.8. The zero-order valence-electron chi connectivity index (χ0n) is 20.6. The Hall–Kier alpha value is -3.28. The molecular formula is C24H32N6O5. The van der Waals surface area contributed by atoms with E-state index in [9.17, 15) is 9.90 Å². The molecule has 11 heteroatoms. The lowest BCUT2D eigenvalue weighted by atomic mass is 9.99. The molecule has 0 spiro atoms. The summed E-state index contributed by atoms with van der Waals surface area (Å²) < 4.78 is 18.3. The summed E-state index contributed by atoms with van der Waals surface area (Å²) in [7, 11) is 6.90. The van der Waals surface area contributed by atoms with Gasteiger partial charge >= 0.3 is 0 Å². The number of nitrogens with one attached hydrogen (secondary N) is 1. The molecule has 4 rings (SSSR count). The van der Waals surface area contributed by atoms with Crippen molar-refractivity contribution in [3.63, 3.8) is 0 Å². The molecule has 5 atom stereocenters. The van der Waals surface area contributed by atoms with Gasteiger partial charge in [-0.1, -0.05) is 19.1 Å². The maximum Gasteiger partial charge on any atom is 0.223 e. The smallest absolute Gasteiger partial charge is 0.223 e. The molecule has 1 fully saturated rings. The van der Waals surface area contributed by atoms with Crippen LogP contribution in [-0.4, -0.2) is 83.7 Å². The molecule has 3 aromatic rings. The van der Waals surface area contributed by atoms with E-state index in [-0.39, 0.29) is 18.4 Å². The van der Waals surface area contributed by atoms with Crippen LogP contribution in [0.25, 0.3) is 11.2 Å². The van der Waals surface area contributed by atoms with Gasteiger partial charge in [-0.3, -0.25) is 9.36 Å². The number of aliphatic hydroxyl groups is 1. The molecule has 0 saturated carbocycles. The highest BCUT2D eigenvalue weighted by Crippen LogP contribution is 2.33. The summed E-state index contributed by atoms with van der Waals surface area (Å²) in [6.45, 7) is 2.03. The lowest BCUT2D eigenvalue weighted by molar-refractivity contribution is -0.126. The van der Waals surface area contributed by atoms with Crippen LogP contribution in [0.3, 0.4) is 0 Å². The molecule has 188 valence electrons. The molecule has 0 bridgehead atoms. The summed E-state index contributed by atoms with van der Waals surface area (Å²) in [5.41, 5.74) is 2.16. The first-order valence-electron chi connectivity index (χ1n) is 11.4. The quantitative estimate of drug-likeness (QED) is 0.461. The number of fused-ring (bicyclic) bond motifs is 1. The second-order valence-electron chi connectivity index (χ2n) is 8.91. The number of rotatable bonds is 9. The largest absolute Gasteiger partial charge is 0.497 e. The number of anilines is 1. The molecule has 0 radical (unpaired) electrons. The number of amides is 1. The minimum Gasteiger partial charge on any atom is -0.497 e. The van der Waals surface area contributed by atoms with E-state index < -0.39 is 24.5 Å². The summed E-state index contributed by atoms with van der Waals surface area (Å²) in [4.78, 5) is 28.2. The Morgan fingerprint density at radius 1 is 1.23 bits per heavy atom. The number of benzene rings is 1. The number of ether oxygens (including phenoxy) is 3. The van der Waals surface area contributed by atoms with Crippen molar-refractivity contribution in [2.24, 2.45) is 5.92 Å². The fraction of sp³-hybridized carbons (Fsp3) is 0.500. The van der Waals surface area contributed by atoms with Crippen LogP contribution in [0.15, 0.2) is 36.9 Å². The van der Waals surface area contributed by atoms with Crippen molar-refractivity contribution in [2.75, 3.05) is 39.8 Å². The van der Waals surface area contributed by atoms with Crippen molar-refractivity contribution in [3.05, 3.63) is 42.5 Å². The van der Waals surface area contributed by atoms with Gasteiger partial charge in [0, 0.05) is 27.1 Å². The number of imidazole rings is 1. The van der Waals surface area contributed by atoms with E-state index >= 15 is 0 Å². The summed E-state index contributed by atoms with van der Waals surface area (Å²) in [5.74, 6) is 0.900. The van der Waals surface area contributed by atoms with E-state index in [1.807, 2.05) is 50.2 Å².